The van der Waals surface area contributed by atoms with Crippen LogP contribution >= 0.6 is 27.3 Å². The van der Waals surface area contributed by atoms with Crippen LogP contribution in [-0.2, 0) is 6.54 Å². The fourth-order valence-corrected chi connectivity index (χ4v) is 2.91. The van der Waals surface area contributed by atoms with Crippen molar-refractivity contribution in [1.82, 2.24) is 4.90 Å². The Bertz CT molecular complexity index is 288. The van der Waals surface area contributed by atoms with E-state index in [9.17, 15) is 0 Å². The predicted molar refractivity (Wildman–Crippen MR) is 71.2 cm³/mol. The lowest BCUT2D eigenvalue weighted by molar-refractivity contribution is 0.273. The van der Waals surface area contributed by atoms with E-state index in [0.717, 1.165) is 26.1 Å². The lowest BCUT2D eigenvalue weighted by atomic mass is 10.1. The van der Waals surface area contributed by atoms with Crippen molar-refractivity contribution in [2.75, 3.05) is 20.1 Å². The number of rotatable bonds is 6. The molecule has 0 spiro atoms. The number of nitrogens with two attached hydrogens (primary N) is 1. The van der Waals surface area contributed by atoms with E-state index >= 15 is 0 Å². The van der Waals surface area contributed by atoms with Gasteiger partial charge in [0.05, 0.1) is 3.79 Å². The van der Waals surface area contributed by atoms with E-state index in [0.29, 0.717) is 5.92 Å². The van der Waals surface area contributed by atoms with E-state index in [2.05, 4.69) is 46.2 Å². The molecule has 0 saturated carbocycles. The van der Waals surface area contributed by atoms with Crippen LogP contribution in [0.4, 0.5) is 0 Å². The molecule has 2 N–H and O–H groups in total. The molecule has 0 aliphatic heterocycles. The fraction of sp³-hybridized carbons (Fsp3) is 0.636. The van der Waals surface area contributed by atoms with E-state index in [4.69, 9.17) is 5.73 Å². The Hall–Kier alpha value is 0.100. The standard InChI is InChI=1S/C11H19BrN2S/c1-9(3-4-13)6-14(2)7-10-5-11(12)15-8-10/h5,8-9H,3-4,6-7,13H2,1-2H3. The summed E-state index contributed by atoms with van der Waals surface area (Å²) in [6.45, 7) is 5.19. The molecule has 0 bridgehead atoms. The molecule has 0 amide bonds. The van der Waals surface area contributed by atoms with Crippen molar-refractivity contribution in [3.63, 3.8) is 0 Å². The van der Waals surface area contributed by atoms with Crippen LogP contribution in [-0.4, -0.2) is 25.0 Å². The lowest BCUT2D eigenvalue weighted by Gasteiger charge is -2.20. The van der Waals surface area contributed by atoms with E-state index in [1.807, 2.05) is 0 Å². The van der Waals surface area contributed by atoms with Crippen molar-refractivity contribution in [3.8, 4) is 0 Å². The summed E-state index contributed by atoms with van der Waals surface area (Å²) >= 11 is 5.23. The van der Waals surface area contributed by atoms with Gasteiger partial charge < -0.3 is 10.6 Å². The van der Waals surface area contributed by atoms with Crippen LogP contribution in [0.5, 0.6) is 0 Å². The molecule has 1 rings (SSSR count). The number of nitrogens with zero attached hydrogens (tertiary/aromatic N) is 1. The van der Waals surface area contributed by atoms with Gasteiger partial charge in [0.1, 0.15) is 0 Å². The summed E-state index contributed by atoms with van der Waals surface area (Å²) < 4.78 is 1.21. The zero-order chi connectivity index (χ0) is 11.3. The Morgan fingerprint density at radius 1 is 1.60 bits per heavy atom. The second-order valence-corrected chi connectivity index (χ2v) is 6.43. The highest BCUT2D eigenvalue weighted by Gasteiger charge is 2.07. The van der Waals surface area contributed by atoms with E-state index in [-0.39, 0.29) is 0 Å². The molecular formula is C11H19BrN2S. The highest BCUT2D eigenvalue weighted by Crippen LogP contribution is 2.21. The molecule has 0 aliphatic rings. The molecule has 2 nitrogen and oxygen atoms in total. The van der Waals surface area contributed by atoms with Crippen LogP contribution in [0.2, 0.25) is 0 Å². The first-order valence-electron chi connectivity index (χ1n) is 5.23. The van der Waals surface area contributed by atoms with Crippen molar-refractivity contribution in [1.29, 1.82) is 0 Å². The number of hydrogen-bond acceptors (Lipinski definition) is 3. The number of thiophene rings is 1. The molecule has 15 heavy (non-hydrogen) atoms. The highest BCUT2D eigenvalue weighted by atomic mass is 79.9. The first kappa shape index (κ1) is 13.2. The highest BCUT2D eigenvalue weighted by molar-refractivity contribution is 9.11. The van der Waals surface area contributed by atoms with Gasteiger partial charge in [-0.15, -0.1) is 11.3 Å². The van der Waals surface area contributed by atoms with Gasteiger partial charge in [0.2, 0.25) is 0 Å². The quantitative estimate of drug-likeness (QED) is 0.873. The van der Waals surface area contributed by atoms with Crippen LogP contribution in [0.3, 0.4) is 0 Å². The average molecular weight is 291 g/mol. The maximum Gasteiger partial charge on any atom is 0.0701 e. The van der Waals surface area contributed by atoms with Gasteiger partial charge in [-0.25, -0.2) is 0 Å². The molecule has 0 aliphatic carbocycles. The topological polar surface area (TPSA) is 29.3 Å². The van der Waals surface area contributed by atoms with Crippen molar-refractivity contribution in [2.24, 2.45) is 11.7 Å². The van der Waals surface area contributed by atoms with Crippen molar-refractivity contribution in [3.05, 3.63) is 20.8 Å². The summed E-state index contributed by atoms with van der Waals surface area (Å²) in [5, 5.41) is 2.20. The molecule has 1 atom stereocenters. The van der Waals surface area contributed by atoms with Gasteiger partial charge in [-0.3, -0.25) is 0 Å². The molecule has 0 saturated heterocycles. The van der Waals surface area contributed by atoms with Crippen molar-refractivity contribution in [2.45, 2.75) is 19.9 Å². The predicted octanol–water partition coefficient (Wildman–Crippen LogP) is 2.93. The molecule has 0 aromatic carbocycles. The van der Waals surface area contributed by atoms with Gasteiger partial charge in [0.25, 0.3) is 0 Å². The van der Waals surface area contributed by atoms with E-state index in [1.54, 1.807) is 11.3 Å². The zero-order valence-electron chi connectivity index (χ0n) is 9.37. The summed E-state index contributed by atoms with van der Waals surface area (Å²) in [7, 11) is 2.17. The largest absolute Gasteiger partial charge is 0.330 e. The molecule has 0 fully saturated rings. The summed E-state index contributed by atoms with van der Waals surface area (Å²) in [5.41, 5.74) is 6.92. The van der Waals surface area contributed by atoms with Crippen LogP contribution in [0.15, 0.2) is 15.2 Å². The average Bonchev–Trinajstić information content (AvgIpc) is 2.51. The monoisotopic (exact) mass is 290 g/mol. The minimum absolute atomic E-state index is 0.682. The van der Waals surface area contributed by atoms with Gasteiger partial charge in [0, 0.05) is 13.1 Å². The Balaban J connectivity index is 2.32. The molecule has 86 valence electrons. The second-order valence-electron chi connectivity index (χ2n) is 4.14. The number of hydrogen-bond donors (Lipinski definition) is 1. The third-order valence-electron chi connectivity index (χ3n) is 2.36. The second kappa shape index (κ2) is 6.63. The SMILES string of the molecule is CC(CCN)CN(C)Cc1csc(Br)c1. The molecular weight excluding hydrogens is 272 g/mol. The first-order valence-corrected chi connectivity index (χ1v) is 6.90. The smallest absolute Gasteiger partial charge is 0.0701 e. The minimum atomic E-state index is 0.682. The molecule has 1 heterocycles. The van der Waals surface area contributed by atoms with Crippen molar-refractivity contribution < 1.29 is 0 Å². The van der Waals surface area contributed by atoms with E-state index < -0.39 is 0 Å². The maximum atomic E-state index is 5.54. The molecule has 1 aromatic heterocycles. The normalized spacial score (nSPS) is 13.4. The third kappa shape index (κ3) is 5.11. The van der Waals surface area contributed by atoms with Gasteiger partial charge in [-0.2, -0.15) is 0 Å². The van der Waals surface area contributed by atoms with Crippen LogP contribution in [0.25, 0.3) is 0 Å². The summed E-state index contributed by atoms with van der Waals surface area (Å²) in [6, 6.07) is 2.19. The first-order chi connectivity index (χ1) is 7.11. The Kier molecular flexibility index (Phi) is 5.82. The fourth-order valence-electron chi connectivity index (χ4n) is 1.71. The summed E-state index contributed by atoms with van der Waals surface area (Å²) in [5.74, 6) is 0.682. The van der Waals surface area contributed by atoms with E-state index in [1.165, 1.54) is 9.35 Å². The Labute approximate surface area is 105 Å². The molecule has 1 unspecified atom stereocenters. The van der Waals surface area contributed by atoms with Crippen LogP contribution in [0.1, 0.15) is 18.9 Å². The molecule has 1 aromatic rings. The minimum Gasteiger partial charge on any atom is -0.330 e. The van der Waals surface area contributed by atoms with Crippen LogP contribution in [0, 0.1) is 5.92 Å². The van der Waals surface area contributed by atoms with Crippen molar-refractivity contribution >= 4 is 27.3 Å². The van der Waals surface area contributed by atoms with Crippen LogP contribution < -0.4 is 5.73 Å². The number of halogens is 1. The van der Waals surface area contributed by atoms with Gasteiger partial charge >= 0.3 is 0 Å². The third-order valence-corrected chi connectivity index (χ3v) is 3.91. The lowest BCUT2D eigenvalue weighted by Crippen LogP contribution is -2.25. The molecule has 0 radical (unpaired) electrons. The zero-order valence-corrected chi connectivity index (χ0v) is 11.8. The Morgan fingerprint density at radius 2 is 2.33 bits per heavy atom. The van der Waals surface area contributed by atoms with Gasteiger partial charge in [0.15, 0.2) is 0 Å². The maximum absolute atomic E-state index is 5.54. The molecule has 4 heteroatoms. The summed E-state index contributed by atoms with van der Waals surface area (Å²) in [4.78, 5) is 2.36. The Morgan fingerprint density at radius 3 is 2.87 bits per heavy atom. The summed E-state index contributed by atoms with van der Waals surface area (Å²) in [6.07, 6.45) is 1.11. The van der Waals surface area contributed by atoms with Gasteiger partial charge in [-0.1, -0.05) is 6.92 Å². The van der Waals surface area contributed by atoms with Gasteiger partial charge in [-0.05, 0) is 58.9 Å².